The molecule has 0 aliphatic heterocycles. The minimum Gasteiger partial charge on any atom is -0.462 e. The zero-order valence-corrected chi connectivity index (χ0v) is 43.8. The summed E-state index contributed by atoms with van der Waals surface area (Å²) >= 11 is 0. The Morgan fingerprint density at radius 1 is 0.297 bits per heavy atom. The summed E-state index contributed by atoms with van der Waals surface area (Å²) in [5.41, 5.74) is 0. The first kappa shape index (κ1) is 62.4. The smallest absolute Gasteiger partial charge is 0.306 e. The molecule has 0 unspecified atom stereocenters. The van der Waals surface area contributed by atoms with E-state index in [0.717, 1.165) is 63.7 Å². The summed E-state index contributed by atoms with van der Waals surface area (Å²) < 4.78 is 16.9. The van der Waals surface area contributed by atoms with Crippen molar-refractivity contribution in [3.63, 3.8) is 0 Å². The van der Waals surface area contributed by atoms with Gasteiger partial charge in [0.15, 0.2) is 6.10 Å². The summed E-state index contributed by atoms with van der Waals surface area (Å²) in [6, 6.07) is 0. The third kappa shape index (κ3) is 51.4. The molecule has 0 heterocycles. The Morgan fingerprint density at radius 3 is 0.766 bits per heavy atom. The van der Waals surface area contributed by atoms with Crippen LogP contribution in [0, 0.1) is 5.92 Å². The van der Waals surface area contributed by atoms with Crippen molar-refractivity contribution in [2.75, 3.05) is 13.2 Å². The van der Waals surface area contributed by atoms with E-state index in [1.807, 2.05) is 0 Å². The molecule has 0 bridgehead atoms. The zero-order chi connectivity index (χ0) is 46.7. The lowest BCUT2D eigenvalue weighted by atomic mass is 10.0. The second-order valence-electron chi connectivity index (χ2n) is 20.4. The molecule has 0 amide bonds. The van der Waals surface area contributed by atoms with Crippen molar-refractivity contribution < 1.29 is 28.6 Å². The molecule has 0 spiro atoms. The molecule has 0 rings (SSSR count). The van der Waals surface area contributed by atoms with Crippen LogP contribution >= 0.6 is 0 Å². The molecule has 0 aromatic rings. The number of hydrogen-bond donors (Lipinski definition) is 0. The highest BCUT2D eigenvalue weighted by Gasteiger charge is 2.19. The minimum atomic E-state index is -0.761. The summed E-state index contributed by atoms with van der Waals surface area (Å²) in [5, 5.41) is 0. The van der Waals surface area contributed by atoms with Gasteiger partial charge in [-0.05, 0) is 25.2 Å². The normalized spacial score (nSPS) is 12.0. The van der Waals surface area contributed by atoms with E-state index in [1.165, 1.54) is 225 Å². The Kier molecular flexibility index (Phi) is 51.1. The maximum Gasteiger partial charge on any atom is 0.306 e. The molecule has 6 nitrogen and oxygen atoms in total. The first-order valence-corrected chi connectivity index (χ1v) is 28.9. The lowest BCUT2D eigenvalue weighted by Gasteiger charge is -2.18. The monoisotopic (exact) mass is 905 g/mol. The molecule has 0 aromatic heterocycles. The maximum absolute atomic E-state index is 12.8. The van der Waals surface area contributed by atoms with Gasteiger partial charge in [0.2, 0.25) is 0 Å². The van der Waals surface area contributed by atoms with E-state index in [0.29, 0.717) is 19.3 Å². The quantitative estimate of drug-likeness (QED) is 0.0344. The molecule has 380 valence electrons. The Labute approximate surface area is 399 Å². The minimum absolute atomic E-state index is 0.0620. The fourth-order valence-corrected chi connectivity index (χ4v) is 8.92. The number of unbranched alkanes of at least 4 members (excludes halogenated alkanes) is 40. The molecular formula is C58H112O6. The number of carbonyl (C=O) groups excluding carboxylic acids is 3. The van der Waals surface area contributed by atoms with E-state index in [-0.39, 0.29) is 31.1 Å². The predicted molar refractivity (Wildman–Crippen MR) is 275 cm³/mol. The van der Waals surface area contributed by atoms with Gasteiger partial charge in [-0.1, -0.05) is 291 Å². The first-order valence-electron chi connectivity index (χ1n) is 28.9. The summed E-state index contributed by atoms with van der Waals surface area (Å²) in [6.07, 6.45) is 56.6. The van der Waals surface area contributed by atoms with Gasteiger partial charge in [0.05, 0.1) is 0 Å². The zero-order valence-electron chi connectivity index (χ0n) is 43.8. The number of esters is 3. The SMILES string of the molecule is CCCCCCCCCCCCCCCCCCCCC(=O)O[C@H](COC(=O)CCCCCCCCCCCCCC)COC(=O)CCCCCCCCCCCCCCCC(C)C. The van der Waals surface area contributed by atoms with Gasteiger partial charge < -0.3 is 14.2 Å². The van der Waals surface area contributed by atoms with E-state index in [4.69, 9.17) is 14.2 Å². The molecule has 0 aromatic carbocycles. The van der Waals surface area contributed by atoms with E-state index >= 15 is 0 Å². The van der Waals surface area contributed by atoms with Crippen molar-refractivity contribution >= 4 is 17.9 Å². The third-order valence-corrected chi connectivity index (χ3v) is 13.3. The highest BCUT2D eigenvalue weighted by molar-refractivity contribution is 5.71. The summed E-state index contributed by atoms with van der Waals surface area (Å²) in [5.74, 6) is 0.00386. The molecule has 0 saturated heterocycles. The Hall–Kier alpha value is -1.59. The van der Waals surface area contributed by atoms with Crippen LogP contribution in [0.5, 0.6) is 0 Å². The fraction of sp³-hybridized carbons (Fsp3) is 0.948. The average molecular weight is 906 g/mol. The van der Waals surface area contributed by atoms with Crippen LogP contribution in [0.25, 0.3) is 0 Å². The lowest BCUT2D eigenvalue weighted by Crippen LogP contribution is -2.30. The second kappa shape index (κ2) is 52.4. The first-order chi connectivity index (χ1) is 31.4. The number of hydrogen-bond acceptors (Lipinski definition) is 6. The van der Waals surface area contributed by atoms with Gasteiger partial charge in [0.25, 0.3) is 0 Å². The van der Waals surface area contributed by atoms with Crippen LogP contribution in [0.1, 0.15) is 329 Å². The Morgan fingerprint density at radius 2 is 0.516 bits per heavy atom. The molecule has 6 heteroatoms. The molecule has 0 N–H and O–H groups in total. The predicted octanol–water partition coefficient (Wildman–Crippen LogP) is 19.0. The van der Waals surface area contributed by atoms with Crippen molar-refractivity contribution in [3.8, 4) is 0 Å². The van der Waals surface area contributed by atoms with E-state index < -0.39 is 6.10 Å². The van der Waals surface area contributed by atoms with Crippen LogP contribution < -0.4 is 0 Å². The molecule has 0 radical (unpaired) electrons. The van der Waals surface area contributed by atoms with Gasteiger partial charge in [0, 0.05) is 19.3 Å². The summed E-state index contributed by atoms with van der Waals surface area (Å²) in [6.45, 7) is 9.06. The van der Waals surface area contributed by atoms with Crippen LogP contribution in [-0.4, -0.2) is 37.2 Å². The molecule has 1 atom stereocenters. The van der Waals surface area contributed by atoms with Crippen LogP contribution in [0.2, 0.25) is 0 Å². The highest BCUT2D eigenvalue weighted by atomic mass is 16.6. The molecular weight excluding hydrogens is 793 g/mol. The maximum atomic E-state index is 12.8. The van der Waals surface area contributed by atoms with Crippen LogP contribution in [-0.2, 0) is 28.6 Å². The standard InChI is InChI=1S/C58H112O6/c1-5-7-9-11-13-15-17-19-20-21-22-23-26-31-35-39-43-47-51-58(61)64-55(52-62-56(59)49-45-41-37-33-29-18-16-14-12-10-8-6-2)53-63-57(60)50-46-42-38-34-30-27-24-25-28-32-36-40-44-48-54(3)4/h54-55H,5-53H2,1-4H3/t55-/m1/s1. The van der Waals surface area contributed by atoms with Crippen molar-refractivity contribution in [1.29, 1.82) is 0 Å². The van der Waals surface area contributed by atoms with Gasteiger partial charge in [0.1, 0.15) is 13.2 Å². The Bertz CT molecular complexity index is 964. The van der Waals surface area contributed by atoms with Gasteiger partial charge in [-0.15, -0.1) is 0 Å². The average Bonchev–Trinajstić information content (AvgIpc) is 3.28. The topological polar surface area (TPSA) is 78.9 Å². The van der Waals surface area contributed by atoms with Crippen LogP contribution in [0.3, 0.4) is 0 Å². The molecule has 0 saturated carbocycles. The Balaban J connectivity index is 4.28. The number of ether oxygens (including phenoxy) is 3. The van der Waals surface area contributed by atoms with E-state index in [1.54, 1.807) is 0 Å². The molecule has 0 fully saturated rings. The molecule has 64 heavy (non-hydrogen) atoms. The fourth-order valence-electron chi connectivity index (χ4n) is 8.92. The largest absolute Gasteiger partial charge is 0.462 e. The van der Waals surface area contributed by atoms with Crippen molar-refractivity contribution in [3.05, 3.63) is 0 Å². The summed E-state index contributed by atoms with van der Waals surface area (Å²) in [7, 11) is 0. The van der Waals surface area contributed by atoms with Crippen molar-refractivity contribution in [1.82, 2.24) is 0 Å². The summed E-state index contributed by atoms with van der Waals surface area (Å²) in [4.78, 5) is 38.1. The van der Waals surface area contributed by atoms with Crippen LogP contribution in [0.4, 0.5) is 0 Å². The number of carbonyl (C=O) groups is 3. The van der Waals surface area contributed by atoms with E-state index in [9.17, 15) is 14.4 Å². The molecule has 0 aliphatic rings. The van der Waals surface area contributed by atoms with Gasteiger partial charge in [-0.3, -0.25) is 14.4 Å². The van der Waals surface area contributed by atoms with Gasteiger partial charge in [-0.2, -0.15) is 0 Å². The molecule has 0 aliphatic carbocycles. The van der Waals surface area contributed by atoms with Gasteiger partial charge in [-0.25, -0.2) is 0 Å². The van der Waals surface area contributed by atoms with Crippen LogP contribution in [0.15, 0.2) is 0 Å². The second-order valence-corrected chi connectivity index (χ2v) is 20.4. The van der Waals surface area contributed by atoms with Crippen molar-refractivity contribution in [2.24, 2.45) is 5.92 Å². The van der Waals surface area contributed by atoms with E-state index in [2.05, 4.69) is 27.7 Å². The lowest BCUT2D eigenvalue weighted by molar-refractivity contribution is -0.167. The highest BCUT2D eigenvalue weighted by Crippen LogP contribution is 2.18. The van der Waals surface area contributed by atoms with Crippen molar-refractivity contribution in [2.45, 2.75) is 336 Å². The third-order valence-electron chi connectivity index (χ3n) is 13.3. The van der Waals surface area contributed by atoms with Gasteiger partial charge >= 0.3 is 17.9 Å². The number of rotatable bonds is 53.